The molecule has 2 rings (SSSR count). The standard InChI is InChI=1S/C19H23ClF3NO7S.Li.H/c1-10(19(21,22)23)30-11-5-6-15(13(20)7-11)32(28,29)12-8-14(16(25)26)24(9-12)17(27)31-18(2,3)4;;/h5-7,10,12,14H,8-9H2,1-4H3,(H,25,26);;/q;+1;-1/t10?,12-,14+;;/m1../s1. The number of carboxylic acids is 1. The van der Waals surface area contributed by atoms with Crippen LogP contribution in [0.1, 0.15) is 35.5 Å². The fourth-order valence-electron chi connectivity index (χ4n) is 3.01. The molecule has 0 aliphatic carbocycles. The molecule has 1 fully saturated rings. The Morgan fingerprint density at radius 2 is 1.85 bits per heavy atom. The number of ether oxygens (including phenoxy) is 2. The maximum absolute atomic E-state index is 13.1. The van der Waals surface area contributed by atoms with E-state index in [4.69, 9.17) is 21.1 Å². The van der Waals surface area contributed by atoms with Crippen molar-refractivity contribution in [3.05, 3.63) is 23.2 Å². The van der Waals surface area contributed by atoms with Crippen LogP contribution in [0.15, 0.2) is 23.1 Å². The Morgan fingerprint density at radius 3 is 2.30 bits per heavy atom. The predicted octanol–water partition coefficient (Wildman–Crippen LogP) is 1.02. The van der Waals surface area contributed by atoms with Crippen LogP contribution >= 0.6 is 11.6 Å². The summed E-state index contributed by atoms with van der Waals surface area (Å²) in [6.07, 6.45) is -8.15. The van der Waals surface area contributed by atoms with Crippen molar-refractivity contribution >= 4 is 33.5 Å². The largest absolute Gasteiger partial charge is 1.00 e. The Morgan fingerprint density at radius 1 is 1.27 bits per heavy atom. The second kappa shape index (κ2) is 10.3. The molecular weight excluding hydrogens is 486 g/mol. The van der Waals surface area contributed by atoms with Gasteiger partial charge in [-0.2, -0.15) is 13.2 Å². The van der Waals surface area contributed by atoms with Crippen molar-refractivity contribution < 1.29 is 66.0 Å². The molecular formula is C19H24ClF3LiNO7S. The first-order valence-electron chi connectivity index (χ1n) is 9.42. The average Bonchev–Trinajstić information content (AvgIpc) is 3.06. The zero-order valence-corrected chi connectivity index (χ0v) is 20.2. The molecule has 33 heavy (non-hydrogen) atoms. The van der Waals surface area contributed by atoms with E-state index in [0.29, 0.717) is 0 Å². The SMILES string of the molecule is CC(Oc1ccc(S(=O)(=O)[C@@H]2C[C@@H](C(=O)O)N(C(=O)OC(C)(C)C)C2)c(Cl)c1)C(F)(F)F.[H-].[Li+]. The van der Waals surface area contributed by atoms with Crippen LogP contribution in [0, 0.1) is 0 Å². The minimum Gasteiger partial charge on any atom is -1.00 e. The van der Waals surface area contributed by atoms with E-state index < -0.39 is 68.9 Å². The minimum absolute atomic E-state index is 0. The zero-order valence-electron chi connectivity index (χ0n) is 19.6. The topological polar surface area (TPSA) is 110 Å². The van der Waals surface area contributed by atoms with Crippen LogP contribution in [0.2, 0.25) is 5.02 Å². The molecule has 1 aliphatic rings. The molecule has 1 aliphatic heterocycles. The molecule has 0 saturated carbocycles. The molecule has 0 aromatic heterocycles. The van der Waals surface area contributed by atoms with E-state index in [-0.39, 0.29) is 31.1 Å². The summed E-state index contributed by atoms with van der Waals surface area (Å²) in [6.45, 7) is 5.07. The average molecular weight is 510 g/mol. The van der Waals surface area contributed by atoms with Crippen LogP contribution in [0.3, 0.4) is 0 Å². The van der Waals surface area contributed by atoms with Crippen molar-refractivity contribution in [2.45, 2.75) is 68.2 Å². The number of rotatable bonds is 5. The number of hydrogen-bond acceptors (Lipinski definition) is 6. The van der Waals surface area contributed by atoms with Gasteiger partial charge in [0.15, 0.2) is 15.9 Å². The van der Waals surface area contributed by atoms with Gasteiger partial charge >= 0.3 is 37.1 Å². The summed E-state index contributed by atoms with van der Waals surface area (Å²) in [5.74, 6) is -1.69. The van der Waals surface area contributed by atoms with E-state index >= 15 is 0 Å². The molecule has 1 N–H and O–H groups in total. The third kappa shape index (κ3) is 7.18. The summed E-state index contributed by atoms with van der Waals surface area (Å²) in [7, 11) is -4.24. The van der Waals surface area contributed by atoms with Crippen molar-refractivity contribution in [3.63, 3.8) is 0 Å². The van der Waals surface area contributed by atoms with Gasteiger partial charge in [-0.05, 0) is 46.2 Å². The molecule has 1 aromatic rings. The summed E-state index contributed by atoms with van der Waals surface area (Å²) in [4.78, 5) is 24.4. The van der Waals surface area contributed by atoms with Crippen molar-refractivity contribution in [2.24, 2.45) is 0 Å². The normalized spacial score (nSPS) is 20.1. The molecule has 8 nitrogen and oxygen atoms in total. The molecule has 14 heteroatoms. The van der Waals surface area contributed by atoms with Gasteiger partial charge in [-0.1, -0.05) is 11.6 Å². The first-order valence-corrected chi connectivity index (χ1v) is 11.3. The van der Waals surface area contributed by atoms with E-state index in [1.165, 1.54) is 0 Å². The van der Waals surface area contributed by atoms with Crippen LogP contribution in [0.25, 0.3) is 0 Å². The van der Waals surface area contributed by atoms with Gasteiger partial charge in [-0.15, -0.1) is 0 Å². The van der Waals surface area contributed by atoms with E-state index in [1.807, 2.05) is 0 Å². The van der Waals surface area contributed by atoms with E-state index in [2.05, 4.69) is 0 Å². The molecule has 182 valence electrons. The Kier molecular flexibility index (Phi) is 9.21. The molecule has 1 heterocycles. The molecule has 0 spiro atoms. The molecule has 3 atom stereocenters. The van der Waals surface area contributed by atoms with Crippen molar-refractivity contribution in [2.75, 3.05) is 6.54 Å². The Labute approximate surface area is 207 Å². The number of likely N-dealkylation sites (tertiary alicyclic amines) is 1. The number of amides is 1. The molecule has 0 bridgehead atoms. The second-order valence-corrected chi connectivity index (χ2v) is 10.9. The number of carbonyl (C=O) groups excluding carboxylic acids is 1. The maximum Gasteiger partial charge on any atom is 1.00 e. The van der Waals surface area contributed by atoms with Crippen LogP contribution in [-0.2, 0) is 19.4 Å². The second-order valence-electron chi connectivity index (χ2n) is 8.28. The fourth-order valence-corrected chi connectivity index (χ4v) is 5.25. The monoisotopic (exact) mass is 509 g/mol. The van der Waals surface area contributed by atoms with Crippen molar-refractivity contribution in [3.8, 4) is 5.75 Å². The number of hydrogen-bond donors (Lipinski definition) is 1. The molecule has 1 unspecified atom stereocenters. The van der Waals surface area contributed by atoms with Crippen LogP contribution in [0.5, 0.6) is 5.75 Å². The number of aliphatic carboxylic acids is 1. The van der Waals surface area contributed by atoms with Gasteiger partial charge < -0.3 is 16.0 Å². The van der Waals surface area contributed by atoms with Gasteiger partial charge in [0.2, 0.25) is 0 Å². The Hall–Kier alpha value is -1.61. The van der Waals surface area contributed by atoms with Crippen molar-refractivity contribution in [1.82, 2.24) is 4.90 Å². The summed E-state index contributed by atoms with van der Waals surface area (Å²) in [6, 6.07) is 1.52. The fraction of sp³-hybridized carbons (Fsp3) is 0.579. The molecule has 1 saturated heterocycles. The summed E-state index contributed by atoms with van der Waals surface area (Å²) < 4.78 is 74.1. The van der Waals surface area contributed by atoms with Gasteiger partial charge in [-0.3, -0.25) is 4.90 Å². The number of halogens is 4. The van der Waals surface area contributed by atoms with Crippen LogP contribution in [0.4, 0.5) is 18.0 Å². The number of benzene rings is 1. The maximum atomic E-state index is 13.1. The van der Waals surface area contributed by atoms with Gasteiger partial charge in [-0.25, -0.2) is 18.0 Å². The van der Waals surface area contributed by atoms with Crippen LogP contribution in [-0.4, -0.2) is 66.2 Å². The first kappa shape index (κ1) is 29.4. The predicted molar refractivity (Wildman–Crippen MR) is 109 cm³/mol. The van der Waals surface area contributed by atoms with Gasteiger partial charge in [0.05, 0.1) is 15.2 Å². The molecule has 0 radical (unpaired) electrons. The van der Waals surface area contributed by atoms with E-state index in [9.17, 15) is 36.3 Å². The number of alkyl halides is 3. The van der Waals surface area contributed by atoms with Crippen molar-refractivity contribution in [1.29, 1.82) is 0 Å². The zero-order chi connectivity index (χ0) is 24.6. The number of sulfone groups is 1. The Balaban J connectivity index is 0.00000544. The van der Waals surface area contributed by atoms with Gasteiger partial charge in [0.1, 0.15) is 17.4 Å². The number of carboxylic acid groups (broad SMARTS) is 1. The number of carbonyl (C=O) groups is 2. The van der Waals surface area contributed by atoms with E-state index in [0.717, 1.165) is 30.0 Å². The third-order valence-electron chi connectivity index (χ3n) is 4.60. The van der Waals surface area contributed by atoms with Crippen LogP contribution < -0.4 is 23.6 Å². The van der Waals surface area contributed by atoms with Gasteiger partial charge in [0, 0.05) is 12.6 Å². The Bertz CT molecular complexity index is 1000. The first-order chi connectivity index (χ1) is 14.4. The quantitative estimate of drug-likeness (QED) is 0.590. The smallest absolute Gasteiger partial charge is 1.00 e. The van der Waals surface area contributed by atoms with E-state index in [1.54, 1.807) is 20.8 Å². The summed E-state index contributed by atoms with van der Waals surface area (Å²) >= 11 is 6.01. The number of nitrogens with zero attached hydrogens (tertiary/aromatic N) is 1. The van der Waals surface area contributed by atoms with Gasteiger partial charge in [0.25, 0.3) is 0 Å². The molecule has 1 aromatic carbocycles. The summed E-state index contributed by atoms with van der Waals surface area (Å²) in [5, 5.41) is 7.75. The summed E-state index contributed by atoms with van der Waals surface area (Å²) in [5.41, 5.74) is -0.927. The minimum atomic E-state index is -4.63. The third-order valence-corrected chi connectivity index (χ3v) is 7.21. The molecule has 1 amide bonds.